The summed E-state index contributed by atoms with van der Waals surface area (Å²) >= 11 is 12.0. The normalized spacial score (nSPS) is 12.3. The maximum atomic E-state index is 11.2. The van der Waals surface area contributed by atoms with Gasteiger partial charge in [0, 0.05) is 22.0 Å². The fourth-order valence-electron chi connectivity index (χ4n) is 1.34. The molecular formula is C11H13Cl2NO. The molecule has 1 aromatic carbocycles. The molecule has 2 nitrogen and oxygen atoms in total. The molecule has 1 aromatic rings. The van der Waals surface area contributed by atoms with E-state index in [2.05, 4.69) is 5.32 Å². The molecule has 0 aliphatic heterocycles. The largest absolute Gasteiger partial charge is 0.349 e. The lowest BCUT2D eigenvalue weighted by Gasteiger charge is -2.16. The molecule has 0 fully saturated rings. The molecular weight excluding hydrogens is 233 g/mol. The summed E-state index contributed by atoms with van der Waals surface area (Å²) in [6.07, 6.45) is 0.451. The van der Waals surface area contributed by atoms with E-state index < -0.39 is 0 Å². The summed E-state index contributed by atoms with van der Waals surface area (Å²) in [6.45, 7) is 3.66. The summed E-state index contributed by atoms with van der Waals surface area (Å²) in [5.41, 5.74) is 0.766. The second-order valence-corrected chi connectivity index (χ2v) is 4.09. The number of carbonyl (C=O) groups excluding carboxylic acids is 1. The zero-order chi connectivity index (χ0) is 11.4. The highest BCUT2D eigenvalue weighted by Gasteiger charge is 2.14. The Bertz CT molecular complexity index is 345. The van der Waals surface area contributed by atoms with Gasteiger partial charge in [-0.2, -0.15) is 0 Å². The van der Waals surface area contributed by atoms with Crippen molar-refractivity contribution in [3.8, 4) is 0 Å². The van der Waals surface area contributed by atoms with Crippen LogP contribution in [-0.2, 0) is 4.79 Å². The zero-order valence-corrected chi connectivity index (χ0v) is 10.2. The fraction of sp³-hybridized carbons (Fsp3) is 0.364. The van der Waals surface area contributed by atoms with E-state index in [0.717, 1.165) is 5.56 Å². The van der Waals surface area contributed by atoms with Crippen molar-refractivity contribution in [3.05, 3.63) is 33.8 Å². The number of amides is 1. The minimum Gasteiger partial charge on any atom is -0.349 e. The van der Waals surface area contributed by atoms with Crippen molar-refractivity contribution in [1.29, 1.82) is 0 Å². The predicted molar refractivity (Wildman–Crippen MR) is 63.3 cm³/mol. The van der Waals surface area contributed by atoms with Crippen molar-refractivity contribution in [3.63, 3.8) is 0 Å². The molecule has 1 atom stereocenters. The molecule has 0 saturated heterocycles. The number of halogens is 2. The van der Waals surface area contributed by atoms with Crippen LogP contribution in [0.15, 0.2) is 18.2 Å². The molecule has 82 valence electrons. The lowest BCUT2D eigenvalue weighted by Crippen LogP contribution is -2.26. The van der Waals surface area contributed by atoms with Crippen LogP contribution in [0.2, 0.25) is 10.0 Å². The molecule has 0 radical (unpaired) electrons. The fourth-order valence-corrected chi connectivity index (χ4v) is 2.06. The molecule has 1 N–H and O–H groups in total. The lowest BCUT2D eigenvalue weighted by molar-refractivity contribution is -0.121. The van der Waals surface area contributed by atoms with Gasteiger partial charge in [-0.25, -0.2) is 0 Å². The molecule has 0 spiro atoms. The van der Waals surface area contributed by atoms with Crippen molar-refractivity contribution in [2.45, 2.75) is 26.3 Å². The second kappa shape index (κ2) is 5.38. The molecule has 0 aromatic heterocycles. The van der Waals surface area contributed by atoms with E-state index in [1.807, 2.05) is 6.92 Å². The molecule has 0 bridgehead atoms. The highest BCUT2D eigenvalue weighted by Crippen LogP contribution is 2.29. The minimum atomic E-state index is -0.168. The first kappa shape index (κ1) is 12.3. The van der Waals surface area contributed by atoms with Crippen molar-refractivity contribution in [1.82, 2.24) is 5.32 Å². The quantitative estimate of drug-likeness (QED) is 0.867. The average Bonchev–Trinajstić information content (AvgIpc) is 2.17. The van der Waals surface area contributed by atoms with Gasteiger partial charge >= 0.3 is 0 Å². The smallest absolute Gasteiger partial charge is 0.220 e. The Morgan fingerprint density at radius 3 is 2.40 bits per heavy atom. The molecule has 1 amide bonds. The first-order chi connectivity index (χ1) is 7.06. The Kier molecular flexibility index (Phi) is 4.43. The minimum absolute atomic E-state index is 0.0153. The number of nitrogens with one attached hydrogen (secondary N) is 1. The van der Waals surface area contributed by atoms with Gasteiger partial charge in [-0.15, -0.1) is 0 Å². The molecule has 0 unspecified atom stereocenters. The lowest BCUT2D eigenvalue weighted by atomic mass is 10.1. The Labute approximate surface area is 99.6 Å². The van der Waals surface area contributed by atoms with E-state index >= 15 is 0 Å². The molecule has 15 heavy (non-hydrogen) atoms. The molecule has 0 saturated carbocycles. The third kappa shape index (κ3) is 3.11. The number of benzene rings is 1. The topological polar surface area (TPSA) is 29.1 Å². The third-order valence-electron chi connectivity index (χ3n) is 2.13. The molecule has 0 aliphatic rings. The number of carbonyl (C=O) groups is 1. The van der Waals surface area contributed by atoms with Gasteiger partial charge in [-0.05, 0) is 19.1 Å². The average molecular weight is 246 g/mol. The van der Waals surface area contributed by atoms with E-state index in [9.17, 15) is 4.79 Å². The zero-order valence-electron chi connectivity index (χ0n) is 8.68. The third-order valence-corrected chi connectivity index (χ3v) is 2.79. The van der Waals surface area contributed by atoms with Crippen molar-refractivity contribution >= 4 is 29.1 Å². The molecule has 4 heteroatoms. The van der Waals surface area contributed by atoms with Gasteiger partial charge in [-0.1, -0.05) is 36.2 Å². The second-order valence-electron chi connectivity index (χ2n) is 3.28. The Balaban J connectivity index is 2.90. The maximum Gasteiger partial charge on any atom is 0.220 e. The van der Waals surface area contributed by atoms with Gasteiger partial charge in [0.2, 0.25) is 5.91 Å². The highest BCUT2D eigenvalue weighted by molar-refractivity contribution is 6.36. The van der Waals surface area contributed by atoms with Crippen LogP contribution in [0.4, 0.5) is 0 Å². The predicted octanol–water partition coefficient (Wildman–Crippen LogP) is 3.58. The van der Waals surface area contributed by atoms with E-state index in [0.29, 0.717) is 16.5 Å². The van der Waals surface area contributed by atoms with Crippen LogP contribution in [0.3, 0.4) is 0 Å². The summed E-state index contributed by atoms with van der Waals surface area (Å²) in [5.74, 6) is -0.0153. The molecule has 0 aliphatic carbocycles. The summed E-state index contributed by atoms with van der Waals surface area (Å²) < 4.78 is 0. The van der Waals surface area contributed by atoms with Crippen molar-refractivity contribution < 1.29 is 4.79 Å². The van der Waals surface area contributed by atoms with E-state index in [1.54, 1.807) is 25.1 Å². The summed E-state index contributed by atoms with van der Waals surface area (Å²) in [6, 6.07) is 5.13. The van der Waals surface area contributed by atoms with Crippen molar-refractivity contribution in [2.75, 3.05) is 0 Å². The first-order valence-electron chi connectivity index (χ1n) is 4.79. The van der Waals surface area contributed by atoms with Crippen LogP contribution in [-0.4, -0.2) is 5.91 Å². The van der Waals surface area contributed by atoms with Gasteiger partial charge in [0.25, 0.3) is 0 Å². The van der Waals surface area contributed by atoms with Crippen molar-refractivity contribution in [2.24, 2.45) is 0 Å². The van der Waals surface area contributed by atoms with Gasteiger partial charge in [0.05, 0.1) is 6.04 Å². The summed E-state index contributed by atoms with van der Waals surface area (Å²) in [7, 11) is 0. The highest BCUT2D eigenvalue weighted by atomic mass is 35.5. The van der Waals surface area contributed by atoms with Crippen LogP contribution < -0.4 is 5.32 Å². The van der Waals surface area contributed by atoms with Crippen LogP contribution in [0.1, 0.15) is 31.9 Å². The molecule has 1 rings (SSSR count). The first-order valence-corrected chi connectivity index (χ1v) is 5.55. The van der Waals surface area contributed by atoms with E-state index in [-0.39, 0.29) is 11.9 Å². The van der Waals surface area contributed by atoms with E-state index in [1.165, 1.54) is 0 Å². The van der Waals surface area contributed by atoms with Crippen LogP contribution >= 0.6 is 23.2 Å². The Morgan fingerprint density at radius 1 is 1.40 bits per heavy atom. The van der Waals surface area contributed by atoms with Crippen LogP contribution in [0, 0.1) is 0 Å². The number of hydrogen-bond donors (Lipinski definition) is 1. The number of rotatable bonds is 3. The van der Waals surface area contributed by atoms with Gasteiger partial charge in [0.15, 0.2) is 0 Å². The number of hydrogen-bond acceptors (Lipinski definition) is 1. The van der Waals surface area contributed by atoms with Crippen LogP contribution in [0.25, 0.3) is 0 Å². The Morgan fingerprint density at radius 2 is 1.93 bits per heavy atom. The van der Waals surface area contributed by atoms with Crippen LogP contribution in [0.5, 0.6) is 0 Å². The van der Waals surface area contributed by atoms with Gasteiger partial charge in [-0.3, -0.25) is 4.79 Å². The summed E-state index contributed by atoms with van der Waals surface area (Å²) in [5, 5.41) is 3.97. The summed E-state index contributed by atoms with van der Waals surface area (Å²) in [4.78, 5) is 11.2. The van der Waals surface area contributed by atoms with Gasteiger partial charge in [0.1, 0.15) is 0 Å². The maximum absolute atomic E-state index is 11.2. The van der Waals surface area contributed by atoms with E-state index in [4.69, 9.17) is 23.2 Å². The Hall–Kier alpha value is -0.730. The SMILES string of the molecule is CCC(=O)N[C@@H](C)c1c(Cl)cccc1Cl. The molecule has 0 heterocycles. The standard InChI is InChI=1S/C11H13Cl2NO/c1-3-10(15)14-7(2)11-8(12)5-4-6-9(11)13/h4-7H,3H2,1-2H3,(H,14,15)/t7-/m0/s1. The van der Waals surface area contributed by atoms with Gasteiger partial charge < -0.3 is 5.32 Å². The monoisotopic (exact) mass is 245 g/mol.